The first-order valence-corrected chi connectivity index (χ1v) is 16.8. The number of ether oxygens (including phenoxy) is 2. The van der Waals surface area contributed by atoms with Crippen LogP contribution in [0.4, 0.5) is 20.2 Å². The number of rotatable bonds is 11. The molecule has 0 saturated carbocycles. The van der Waals surface area contributed by atoms with Crippen LogP contribution in [0, 0.1) is 17.6 Å². The highest BCUT2D eigenvalue weighted by molar-refractivity contribution is 5.54. The van der Waals surface area contributed by atoms with Crippen molar-refractivity contribution in [2.24, 2.45) is 5.92 Å². The minimum Gasteiger partial charge on any atom is -0.493 e. The van der Waals surface area contributed by atoms with Crippen molar-refractivity contribution in [1.29, 1.82) is 0 Å². The van der Waals surface area contributed by atoms with Gasteiger partial charge in [0.2, 0.25) is 0 Å². The molecule has 0 radical (unpaired) electrons. The Hall–Kier alpha value is -5.08. The van der Waals surface area contributed by atoms with Gasteiger partial charge in [-0.1, -0.05) is 6.07 Å². The lowest BCUT2D eigenvalue weighted by atomic mass is 9.87. The topological polar surface area (TPSA) is 116 Å². The van der Waals surface area contributed by atoms with Crippen LogP contribution in [-0.4, -0.2) is 79.7 Å². The first-order valence-electron chi connectivity index (χ1n) is 16.8. The lowest BCUT2D eigenvalue weighted by Gasteiger charge is -2.37. The molecule has 2 aliphatic heterocycles. The quantitative estimate of drug-likeness (QED) is 0.219. The molecule has 5 aromatic rings. The van der Waals surface area contributed by atoms with Crippen molar-refractivity contribution in [3.05, 3.63) is 113 Å². The van der Waals surface area contributed by atoms with E-state index in [0.717, 1.165) is 55.1 Å². The van der Waals surface area contributed by atoms with E-state index < -0.39 is 29.4 Å². The van der Waals surface area contributed by atoms with Gasteiger partial charge in [0.25, 0.3) is 0 Å². The molecule has 2 aromatic heterocycles. The fraction of sp³-hybridized carbons (Fsp3) is 0.389. The molecule has 4 atom stereocenters. The lowest BCUT2D eigenvalue weighted by molar-refractivity contribution is -0.0206. The molecule has 4 heterocycles. The Morgan fingerprint density at radius 2 is 1.58 bits per heavy atom. The second-order valence-electron chi connectivity index (χ2n) is 13.1. The van der Waals surface area contributed by atoms with E-state index in [-0.39, 0.29) is 18.2 Å². The summed E-state index contributed by atoms with van der Waals surface area (Å²) in [4.78, 5) is 21.5. The fourth-order valence-corrected chi connectivity index (χ4v) is 6.78. The molecule has 3 aromatic carbocycles. The van der Waals surface area contributed by atoms with Gasteiger partial charge in [-0.15, -0.1) is 0 Å². The molecule has 14 heteroatoms. The van der Waals surface area contributed by atoms with Crippen LogP contribution in [0.2, 0.25) is 0 Å². The molecule has 0 spiro atoms. The summed E-state index contributed by atoms with van der Waals surface area (Å²) in [6.45, 7) is 7.77. The highest BCUT2D eigenvalue weighted by Crippen LogP contribution is 2.42. The largest absolute Gasteiger partial charge is 0.493 e. The summed E-state index contributed by atoms with van der Waals surface area (Å²) in [6.07, 6.45) is 4.25. The minimum atomic E-state index is -1.02. The summed E-state index contributed by atoms with van der Waals surface area (Å²) in [5, 5.41) is 18.2. The van der Waals surface area contributed by atoms with Crippen molar-refractivity contribution in [2.75, 3.05) is 49.2 Å². The monoisotopic (exact) mass is 686 g/mol. The van der Waals surface area contributed by atoms with Crippen molar-refractivity contribution in [3.63, 3.8) is 0 Å². The summed E-state index contributed by atoms with van der Waals surface area (Å²) in [6, 6.07) is 19.1. The first-order chi connectivity index (χ1) is 24.2. The Kier molecular flexibility index (Phi) is 9.38. The van der Waals surface area contributed by atoms with Gasteiger partial charge >= 0.3 is 5.69 Å². The third kappa shape index (κ3) is 6.85. The number of hydrogen-bond donors (Lipinski definition) is 1. The molecule has 12 nitrogen and oxygen atoms in total. The third-order valence-corrected chi connectivity index (χ3v) is 9.76. The van der Waals surface area contributed by atoms with Crippen LogP contribution >= 0.6 is 0 Å². The normalized spacial score (nSPS) is 20.6. The molecule has 0 aliphatic carbocycles. The van der Waals surface area contributed by atoms with E-state index in [1.165, 1.54) is 34.0 Å². The van der Waals surface area contributed by atoms with Gasteiger partial charge < -0.3 is 24.4 Å². The average Bonchev–Trinajstić information content (AvgIpc) is 3.88. The number of benzene rings is 3. The Bertz CT molecular complexity index is 1940. The maximum Gasteiger partial charge on any atom is 0.350 e. The van der Waals surface area contributed by atoms with Crippen molar-refractivity contribution in [1.82, 2.24) is 29.1 Å². The highest BCUT2D eigenvalue weighted by atomic mass is 19.1. The molecular formula is C36H40F2N8O4. The van der Waals surface area contributed by atoms with Gasteiger partial charge in [-0.3, -0.25) is 0 Å². The van der Waals surface area contributed by atoms with Crippen LogP contribution in [0.15, 0.2) is 90.5 Å². The number of aliphatic hydroxyl groups is 1. The highest BCUT2D eigenvalue weighted by Gasteiger charge is 2.44. The van der Waals surface area contributed by atoms with E-state index >= 15 is 0 Å². The predicted molar refractivity (Wildman–Crippen MR) is 183 cm³/mol. The summed E-state index contributed by atoms with van der Waals surface area (Å²) in [5.74, 6) is -0.564. The molecule has 262 valence electrons. The zero-order valence-corrected chi connectivity index (χ0v) is 28.0. The number of hydrogen-bond acceptors (Lipinski definition) is 9. The predicted octanol–water partition coefficient (Wildman–Crippen LogP) is 4.18. The number of halogens is 2. The molecule has 2 aliphatic rings. The zero-order valence-electron chi connectivity index (χ0n) is 28.0. The number of aliphatic hydroxyl groups excluding tert-OH is 1. The summed E-state index contributed by atoms with van der Waals surface area (Å²) >= 11 is 0. The van der Waals surface area contributed by atoms with Gasteiger partial charge in [0.1, 0.15) is 42.0 Å². The van der Waals surface area contributed by atoms with Gasteiger partial charge in [-0.05, 0) is 74.9 Å². The zero-order chi connectivity index (χ0) is 34.8. The van der Waals surface area contributed by atoms with Gasteiger partial charge in [0, 0.05) is 55.1 Å². The van der Waals surface area contributed by atoms with E-state index in [1.54, 1.807) is 24.9 Å². The number of anilines is 2. The van der Waals surface area contributed by atoms with E-state index in [4.69, 9.17) is 9.47 Å². The molecule has 0 bridgehead atoms. The molecule has 7 rings (SSSR count). The first kappa shape index (κ1) is 33.4. The minimum absolute atomic E-state index is 0.0118. The molecule has 50 heavy (non-hydrogen) atoms. The van der Waals surface area contributed by atoms with Crippen molar-refractivity contribution >= 4 is 11.4 Å². The second kappa shape index (κ2) is 14.0. The Labute approximate surface area is 288 Å². The van der Waals surface area contributed by atoms with Crippen molar-refractivity contribution in [2.45, 2.75) is 44.6 Å². The molecular weight excluding hydrogens is 646 g/mol. The van der Waals surface area contributed by atoms with E-state index in [0.29, 0.717) is 25.2 Å². The standard InChI is InChI=1S/C36H40F2N8O4/c1-25(26(2)47)46-35(48)45(24-41-46)31-6-4-29(5-7-31)42-13-15-43(16-14-42)30-8-10-32(11-9-30)49-19-27-18-36(50-20-27,21-44-23-39-22-40-44)33-12-3-28(37)17-34(33)38/h3-12,17,22-27,47H,13-16,18-21H2,1-2H3/t25-,26+,27-,36+/m1/s1. The molecule has 2 fully saturated rings. The number of aromatic nitrogens is 6. The summed E-state index contributed by atoms with van der Waals surface area (Å²) in [5.41, 5.74) is 1.90. The smallest absolute Gasteiger partial charge is 0.350 e. The molecule has 0 unspecified atom stereocenters. The Morgan fingerprint density at radius 3 is 2.20 bits per heavy atom. The van der Waals surface area contributed by atoms with Crippen LogP contribution in [0.3, 0.4) is 0 Å². The second-order valence-corrected chi connectivity index (χ2v) is 13.1. The Balaban J connectivity index is 0.924. The average molecular weight is 687 g/mol. The van der Waals surface area contributed by atoms with Crippen LogP contribution in [0.5, 0.6) is 5.75 Å². The van der Waals surface area contributed by atoms with Crippen molar-refractivity contribution < 1.29 is 23.4 Å². The summed E-state index contributed by atoms with van der Waals surface area (Å²) < 4.78 is 45.5. The van der Waals surface area contributed by atoms with Crippen molar-refractivity contribution in [3.8, 4) is 11.4 Å². The number of piperazine rings is 1. The van der Waals surface area contributed by atoms with Crippen LogP contribution in [0.1, 0.15) is 31.9 Å². The van der Waals surface area contributed by atoms with Crippen LogP contribution in [-0.2, 0) is 16.9 Å². The van der Waals surface area contributed by atoms with E-state index in [9.17, 15) is 18.7 Å². The summed E-state index contributed by atoms with van der Waals surface area (Å²) in [7, 11) is 0. The van der Waals surface area contributed by atoms with Gasteiger partial charge in [-0.25, -0.2) is 32.5 Å². The maximum absolute atomic E-state index is 15.0. The van der Waals surface area contributed by atoms with E-state index in [2.05, 4.69) is 37.1 Å². The maximum atomic E-state index is 15.0. The lowest BCUT2D eigenvalue weighted by Crippen LogP contribution is -2.46. The SMILES string of the molecule is C[C@H](O)[C@@H](C)n1ncn(-c2ccc(N3CCN(c4ccc(OC[C@@H]5CO[C@@](Cn6cncn6)(c6ccc(F)cc6F)C5)cc4)CC3)cc2)c1=O. The molecule has 2 saturated heterocycles. The Morgan fingerprint density at radius 1 is 0.920 bits per heavy atom. The molecule has 0 amide bonds. The van der Waals surface area contributed by atoms with Crippen LogP contribution in [0.25, 0.3) is 5.69 Å². The van der Waals surface area contributed by atoms with Gasteiger partial charge in [0.05, 0.1) is 37.6 Å². The number of nitrogens with zero attached hydrogens (tertiary/aromatic N) is 8. The molecule has 1 N–H and O–H groups in total. The van der Waals surface area contributed by atoms with E-state index in [1.807, 2.05) is 36.4 Å². The van der Waals surface area contributed by atoms with Gasteiger partial charge in [0.15, 0.2) is 0 Å². The van der Waals surface area contributed by atoms with Gasteiger partial charge in [-0.2, -0.15) is 10.2 Å². The fourth-order valence-electron chi connectivity index (χ4n) is 6.78. The third-order valence-electron chi connectivity index (χ3n) is 9.76. The van der Waals surface area contributed by atoms with Crippen LogP contribution < -0.4 is 20.2 Å².